The van der Waals surface area contributed by atoms with Crippen LogP contribution in [0, 0.1) is 0 Å². The zero-order chi connectivity index (χ0) is 22.1. The summed E-state index contributed by atoms with van der Waals surface area (Å²) in [5.41, 5.74) is 0. The summed E-state index contributed by atoms with van der Waals surface area (Å²) in [5, 5.41) is 0. The topological polar surface area (TPSA) is 52.6 Å². The van der Waals surface area contributed by atoms with Gasteiger partial charge in [0.05, 0.1) is 13.7 Å². The highest BCUT2D eigenvalue weighted by molar-refractivity contribution is 7.81. The van der Waals surface area contributed by atoms with Gasteiger partial charge in [0.15, 0.2) is 0 Å². The molecule has 5 heteroatoms. The lowest BCUT2D eigenvalue weighted by atomic mass is 10.1. The van der Waals surface area contributed by atoms with Crippen LogP contribution in [0.3, 0.4) is 0 Å². The molecule has 0 aromatic carbocycles. The number of allylic oxidation sites excluding steroid dienone is 3. The Labute approximate surface area is 182 Å². The van der Waals surface area contributed by atoms with Gasteiger partial charge in [0, 0.05) is 0 Å². The van der Waals surface area contributed by atoms with Crippen LogP contribution in [-0.4, -0.2) is 22.1 Å². The highest BCUT2D eigenvalue weighted by Crippen LogP contribution is 2.09. The monoisotopic (exact) mass is 432 g/mol. The quantitative estimate of drug-likeness (QED) is 0.145. The molecule has 0 aliphatic heterocycles. The van der Waals surface area contributed by atoms with Gasteiger partial charge in [-0.25, -0.2) is 4.18 Å². The predicted octanol–water partition coefficient (Wildman–Crippen LogP) is 7.90. The molecule has 0 saturated carbocycles. The first-order valence-corrected chi connectivity index (χ1v) is 13.1. The maximum atomic E-state index is 10.8. The minimum Gasteiger partial charge on any atom is -0.252 e. The van der Waals surface area contributed by atoms with Crippen LogP contribution in [0.2, 0.25) is 0 Å². The maximum absolute atomic E-state index is 10.8. The third kappa shape index (κ3) is 29.6. The molecule has 0 atom stereocenters. The van der Waals surface area contributed by atoms with Crippen LogP contribution in [0.5, 0.6) is 0 Å². The van der Waals surface area contributed by atoms with Crippen molar-refractivity contribution < 1.29 is 16.8 Å². The molecule has 0 fully saturated rings. The molecule has 0 unspecified atom stereocenters. The lowest BCUT2D eigenvalue weighted by molar-refractivity contribution is 0.238. The summed E-state index contributed by atoms with van der Waals surface area (Å²) >= 11 is 0. The highest BCUT2D eigenvalue weighted by atomic mass is 32.3. The van der Waals surface area contributed by atoms with E-state index in [0.29, 0.717) is 0 Å². The molecule has 0 bridgehead atoms. The largest absolute Gasteiger partial charge is 0.399 e. The predicted molar refractivity (Wildman–Crippen MR) is 126 cm³/mol. The van der Waals surface area contributed by atoms with Gasteiger partial charge in [0.2, 0.25) is 0 Å². The van der Waals surface area contributed by atoms with E-state index in [1.807, 2.05) is 6.08 Å². The van der Waals surface area contributed by atoms with Crippen molar-refractivity contribution in [2.24, 2.45) is 0 Å². The van der Waals surface area contributed by atoms with Crippen molar-refractivity contribution in [2.75, 3.05) is 13.7 Å². The Balaban J connectivity index is 0. The molecule has 0 N–H and O–H groups in total. The summed E-state index contributed by atoms with van der Waals surface area (Å²) in [6, 6.07) is 0. The molecule has 0 spiro atoms. The molecular weight excluding hydrogens is 384 g/mol. The molecule has 0 aliphatic carbocycles. The van der Waals surface area contributed by atoms with Crippen LogP contribution in [0.4, 0.5) is 0 Å². The molecule has 4 nitrogen and oxygen atoms in total. The maximum Gasteiger partial charge on any atom is 0.399 e. The number of hydrogen-bond acceptors (Lipinski definition) is 4. The first-order chi connectivity index (χ1) is 14.0. The summed E-state index contributed by atoms with van der Waals surface area (Å²) < 4.78 is 30.2. The van der Waals surface area contributed by atoms with Gasteiger partial charge in [-0.05, 0) is 38.5 Å². The molecule has 0 rings (SSSR count). The van der Waals surface area contributed by atoms with Gasteiger partial charge < -0.3 is 0 Å². The zero-order valence-electron chi connectivity index (χ0n) is 19.5. The van der Waals surface area contributed by atoms with Gasteiger partial charge >= 0.3 is 10.4 Å². The summed E-state index contributed by atoms with van der Waals surface area (Å²) in [6.45, 7) is 8.34. The van der Waals surface area contributed by atoms with E-state index in [4.69, 9.17) is 0 Å². The average molecular weight is 433 g/mol. The minimum absolute atomic E-state index is 0.211. The zero-order valence-corrected chi connectivity index (χ0v) is 20.3. The lowest BCUT2D eigenvalue weighted by Crippen LogP contribution is -2.08. The summed E-state index contributed by atoms with van der Waals surface area (Å²) in [7, 11) is -2.64. The fourth-order valence-corrected chi connectivity index (χ4v) is 3.23. The fourth-order valence-electron chi connectivity index (χ4n) is 2.81. The van der Waals surface area contributed by atoms with Crippen molar-refractivity contribution in [3.05, 3.63) is 24.8 Å². The highest BCUT2D eigenvalue weighted by Gasteiger charge is 2.07. The van der Waals surface area contributed by atoms with E-state index in [1.54, 1.807) is 0 Å². The Morgan fingerprint density at radius 3 is 1.76 bits per heavy atom. The van der Waals surface area contributed by atoms with Crippen LogP contribution < -0.4 is 0 Å². The standard InChI is InChI=1S/C13H26.C11H22O4S/c1-3-5-7-9-11-13-12-10-8-6-4-2;1-3-4-5-6-7-8-9-10-11-15-16(12,13)14-2/h5,7H,3-4,6,8-13H2,1-2H3;3H,1,4-11H2,2H3/b7-5+;. The van der Waals surface area contributed by atoms with Crippen LogP contribution in [0.15, 0.2) is 24.8 Å². The Bertz CT molecular complexity index is 444. The van der Waals surface area contributed by atoms with Gasteiger partial charge in [-0.1, -0.05) is 96.3 Å². The molecule has 0 aromatic rings. The Kier molecular flexibility index (Phi) is 26.7. The summed E-state index contributed by atoms with van der Waals surface area (Å²) in [6.07, 6.45) is 26.5. The summed E-state index contributed by atoms with van der Waals surface area (Å²) in [4.78, 5) is 0. The van der Waals surface area contributed by atoms with Gasteiger partial charge in [-0.15, -0.1) is 6.58 Å². The number of unbranched alkanes of at least 4 members (excludes halogenated alkanes) is 13. The summed E-state index contributed by atoms with van der Waals surface area (Å²) in [5.74, 6) is 0. The van der Waals surface area contributed by atoms with Gasteiger partial charge in [-0.2, -0.15) is 8.42 Å². The number of rotatable bonds is 20. The smallest absolute Gasteiger partial charge is 0.252 e. The van der Waals surface area contributed by atoms with Crippen molar-refractivity contribution in [2.45, 2.75) is 117 Å². The second-order valence-electron chi connectivity index (χ2n) is 7.39. The van der Waals surface area contributed by atoms with Crippen LogP contribution in [0.25, 0.3) is 0 Å². The molecular formula is C24H48O4S. The van der Waals surface area contributed by atoms with Gasteiger partial charge in [0.1, 0.15) is 0 Å². The van der Waals surface area contributed by atoms with E-state index in [-0.39, 0.29) is 6.61 Å². The third-order valence-electron chi connectivity index (χ3n) is 4.61. The first kappa shape index (κ1) is 30.5. The van der Waals surface area contributed by atoms with E-state index in [1.165, 1.54) is 77.0 Å². The van der Waals surface area contributed by atoms with E-state index >= 15 is 0 Å². The molecule has 174 valence electrons. The van der Waals surface area contributed by atoms with Gasteiger partial charge in [-0.3, -0.25) is 4.18 Å². The molecule has 0 radical (unpaired) electrons. The molecule has 0 aromatic heterocycles. The number of hydrogen-bond donors (Lipinski definition) is 0. The van der Waals surface area contributed by atoms with Crippen LogP contribution in [-0.2, 0) is 18.8 Å². The van der Waals surface area contributed by atoms with Crippen LogP contribution >= 0.6 is 0 Å². The van der Waals surface area contributed by atoms with E-state index in [9.17, 15) is 8.42 Å². The molecule has 29 heavy (non-hydrogen) atoms. The SMILES string of the molecule is C=CCCCCCCCCOS(=O)(=O)OC.CC/C=C/CCCCCCCCC. The third-order valence-corrected chi connectivity index (χ3v) is 5.47. The van der Waals surface area contributed by atoms with E-state index < -0.39 is 10.4 Å². The first-order valence-electron chi connectivity index (χ1n) is 11.7. The van der Waals surface area contributed by atoms with E-state index in [2.05, 4.69) is 40.9 Å². The molecule has 0 saturated heterocycles. The second-order valence-corrected chi connectivity index (χ2v) is 8.77. The second kappa shape index (κ2) is 25.4. The van der Waals surface area contributed by atoms with Crippen LogP contribution in [0.1, 0.15) is 117 Å². The van der Waals surface area contributed by atoms with Crippen molar-refractivity contribution in [3.63, 3.8) is 0 Å². The lowest BCUT2D eigenvalue weighted by Gasteiger charge is -2.02. The Morgan fingerprint density at radius 1 is 0.724 bits per heavy atom. The minimum atomic E-state index is -3.74. The molecule has 0 aliphatic rings. The molecule has 0 amide bonds. The average Bonchev–Trinajstić information content (AvgIpc) is 2.72. The normalized spacial score (nSPS) is 11.4. The van der Waals surface area contributed by atoms with Crippen molar-refractivity contribution in [1.82, 2.24) is 0 Å². The Morgan fingerprint density at radius 2 is 1.24 bits per heavy atom. The van der Waals surface area contributed by atoms with Gasteiger partial charge in [0.25, 0.3) is 0 Å². The van der Waals surface area contributed by atoms with Crippen molar-refractivity contribution >= 4 is 10.4 Å². The Hall–Kier alpha value is -0.650. The van der Waals surface area contributed by atoms with Crippen molar-refractivity contribution in [1.29, 1.82) is 0 Å². The van der Waals surface area contributed by atoms with Crippen molar-refractivity contribution in [3.8, 4) is 0 Å². The molecule has 0 heterocycles. The fraction of sp³-hybridized carbons (Fsp3) is 0.833. The van der Waals surface area contributed by atoms with E-state index in [0.717, 1.165) is 32.8 Å².